The fourth-order valence-corrected chi connectivity index (χ4v) is 4.07. The second-order valence-corrected chi connectivity index (χ2v) is 7.58. The molecule has 0 aliphatic heterocycles. The summed E-state index contributed by atoms with van der Waals surface area (Å²) in [6.45, 7) is 2.01. The molecular weight excluding hydrogens is 374 g/mol. The molecule has 1 N–H and O–H groups in total. The molecule has 0 aliphatic rings. The van der Waals surface area contributed by atoms with Crippen LogP contribution in [0.5, 0.6) is 0 Å². The van der Waals surface area contributed by atoms with E-state index in [-0.39, 0.29) is 16.6 Å². The molecule has 0 spiro atoms. The second-order valence-electron chi connectivity index (χ2n) is 3.63. The number of hydrogen-bond acceptors (Lipinski definition) is 5. The normalized spacial score (nSPS) is 11.7. The van der Waals surface area contributed by atoms with Gasteiger partial charge < -0.3 is 0 Å². The highest BCUT2D eigenvalue weighted by molar-refractivity contribution is 9.10. The van der Waals surface area contributed by atoms with E-state index < -0.39 is 10.0 Å². The highest BCUT2D eigenvalue weighted by Gasteiger charge is 2.19. The summed E-state index contributed by atoms with van der Waals surface area (Å²) >= 11 is 10.4. The Morgan fingerprint density at radius 2 is 2.21 bits per heavy atom. The molecule has 19 heavy (non-hydrogen) atoms. The molecule has 5 nitrogen and oxygen atoms in total. The molecule has 0 saturated heterocycles. The minimum Gasteiger partial charge on any atom is -0.250 e. The highest BCUT2D eigenvalue weighted by Crippen LogP contribution is 2.23. The van der Waals surface area contributed by atoms with Gasteiger partial charge in [0.15, 0.2) is 0 Å². The largest absolute Gasteiger partial charge is 0.250 e. The molecule has 102 valence electrons. The van der Waals surface area contributed by atoms with Crippen molar-refractivity contribution >= 4 is 48.9 Å². The van der Waals surface area contributed by atoms with Gasteiger partial charge in [-0.05, 0) is 28.9 Å². The van der Waals surface area contributed by atoms with Crippen LogP contribution in [0.25, 0.3) is 0 Å². The van der Waals surface area contributed by atoms with Gasteiger partial charge in [0, 0.05) is 22.1 Å². The minimum atomic E-state index is -3.70. The van der Waals surface area contributed by atoms with Gasteiger partial charge in [0.25, 0.3) is 0 Å². The van der Waals surface area contributed by atoms with Gasteiger partial charge in [-0.25, -0.2) is 23.1 Å². The fraction of sp³-hybridized carbons (Fsp3) is 0.200. The van der Waals surface area contributed by atoms with Gasteiger partial charge in [-0.2, -0.15) is 0 Å². The number of aromatic nitrogens is 2. The van der Waals surface area contributed by atoms with Crippen LogP contribution in [0.1, 0.15) is 10.6 Å². The Kier molecular flexibility index (Phi) is 4.57. The van der Waals surface area contributed by atoms with Crippen LogP contribution < -0.4 is 4.72 Å². The van der Waals surface area contributed by atoms with Gasteiger partial charge in [0.2, 0.25) is 10.0 Å². The lowest BCUT2D eigenvalue weighted by Crippen LogP contribution is -2.23. The first-order valence-electron chi connectivity index (χ1n) is 5.10. The summed E-state index contributed by atoms with van der Waals surface area (Å²) in [5, 5.41) is -0.0586. The van der Waals surface area contributed by atoms with Crippen LogP contribution in [0.2, 0.25) is 5.15 Å². The van der Waals surface area contributed by atoms with Crippen LogP contribution >= 0.6 is 38.9 Å². The molecule has 0 fully saturated rings. The Bertz CT molecular complexity index is 703. The van der Waals surface area contributed by atoms with Crippen molar-refractivity contribution in [3.63, 3.8) is 0 Å². The van der Waals surface area contributed by atoms with Gasteiger partial charge in [-0.1, -0.05) is 11.6 Å². The van der Waals surface area contributed by atoms with Crippen molar-refractivity contribution in [1.82, 2.24) is 14.7 Å². The maximum atomic E-state index is 12.1. The van der Waals surface area contributed by atoms with E-state index >= 15 is 0 Å². The number of halogens is 2. The molecule has 2 aromatic rings. The number of aryl methyl sites for hydroxylation is 1. The zero-order valence-electron chi connectivity index (χ0n) is 9.72. The summed E-state index contributed by atoms with van der Waals surface area (Å²) in [7, 11) is -3.70. The summed E-state index contributed by atoms with van der Waals surface area (Å²) in [5.41, 5.74) is 2.48. The van der Waals surface area contributed by atoms with Crippen molar-refractivity contribution in [2.45, 2.75) is 18.4 Å². The van der Waals surface area contributed by atoms with Gasteiger partial charge in [-0.15, -0.1) is 11.3 Å². The number of nitrogens with zero attached hydrogens (tertiary/aromatic N) is 2. The predicted octanol–water partition coefficient (Wildman–Crippen LogP) is 2.74. The van der Waals surface area contributed by atoms with Gasteiger partial charge in [0.1, 0.15) is 10.0 Å². The lowest BCUT2D eigenvalue weighted by Gasteiger charge is -2.07. The number of sulfonamides is 1. The van der Waals surface area contributed by atoms with Crippen molar-refractivity contribution in [2.24, 2.45) is 0 Å². The van der Waals surface area contributed by atoms with E-state index in [9.17, 15) is 8.42 Å². The van der Waals surface area contributed by atoms with Crippen LogP contribution in [0.4, 0.5) is 0 Å². The van der Waals surface area contributed by atoms with E-state index in [4.69, 9.17) is 11.6 Å². The highest BCUT2D eigenvalue weighted by atomic mass is 79.9. The van der Waals surface area contributed by atoms with Gasteiger partial charge in [-0.3, -0.25) is 0 Å². The molecule has 0 aromatic carbocycles. The third kappa shape index (κ3) is 3.51. The maximum Gasteiger partial charge on any atom is 0.244 e. The van der Waals surface area contributed by atoms with E-state index in [1.165, 1.54) is 23.6 Å². The van der Waals surface area contributed by atoms with E-state index in [2.05, 4.69) is 30.6 Å². The quantitative estimate of drug-likeness (QED) is 0.825. The molecule has 2 aromatic heterocycles. The fourth-order valence-electron chi connectivity index (χ4n) is 1.33. The molecule has 0 unspecified atom stereocenters. The average molecular weight is 383 g/mol. The Balaban J connectivity index is 2.23. The molecule has 0 atom stereocenters. The van der Waals surface area contributed by atoms with Crippen molar-refractivity contribution in [3.8, 4) is 0 Å². The number of rotatable bonds is 4. The van der Waals surface area contributed by atoms with Crippen LogP contribution in [-0.2, 0) is 16.6 Å². The molecule has 0 amide bonds. The summed E-state index contributed by atoms with van der Waals surface area (Å²) in [5.74, 6) is 0. The van der Waals surface area contributed by atoms with E-state index in [1.54, 1.807) is 5.51 Å². The number of hydrogen-bond donors (Lipinski definition) is 1. The lowest BCUT2D eigenvalue weighted by molar-refractivity contribution is 0.581. The predicted molar refractivity (Wildman–Crippen MR) is 77.8 cm³/mol. The molecule has 0 saturated carbocycles. The molecule has 0 aliphatic carbocycles. The van der Waals surface area contributed by atoms with Crippen LogP contribution in [-0.4, -0.2) is 18.4 Å². The molecule has 0 radical (unpaired) electrons. The van der Waals surface area contributed by atoms with E-state index in [0.29, 0.717) is 4.47 Å². The van der Waals surface area contributed by atoms with Crippen LogP contribution in [0, 0.1) is 6.92 Å². The number of pyridine rings is 1. The first kappa shape index (κ1) is 14.9. The van der Waals surface area contributed by atoms with Crippen molar-refractivity contribution in [1.29, 1.82) is 0 Å². The number of nitrogens with one attached hydrogen (secondary N) is 1. The molecule has 0 bridgehead atoms. The smallest absolute Gasteiger partial charge is 0.244 e. The molecule has 2 heterocycles. The Hall–Kier alpha value is -0.540. The van der Waals surface area contributed by atoms with Crippen molar-refractivity contribution < 1.29 is 8.42 Å². The Labute approximate surface area is 128 Å². The topological polar surface area (TPSA) is 72.0 Å². The van der Waals surface area contributed by atoms with Crippen LogP contribution in [0.3, 0.4) is 0 Å². The second kappa shape index (κ2) is 5.84. The maximum absolute atomic E-state index is 12.1. The zero-order valence-corrected chi connectivity index (χ0v) is 13.7. The molecule has 9 heteroatoms. The summed E-state index contributed by atoms with van der Waals surface area (Å²) in [6.07, 6.45) is 1.44. The Morgan fingerprint density at radius 1 is 1.47 bits per heavy atom. The average Bonchev–Trinajstić information content (AvgIpc) is 2.75. The van der Waals surface area contributed by atoms with Crippen LogP contribution in [0.15, 0.2) is 27.1 Å². The van der Waals surface area contributed by atoms with Gasteiger partial charge >= 0.3 is 0 Å². The Morgan fingerprint density at radius 3 is 2.84 bits per heavy atom. The first-order chi connectivity index (χ1) is 8.90. The molecule has 2 rings (SSSR count). The third-order valence-corrected chi connectivity index (χ3v) is 5.53. The minimum absolute atomic E-state index is 0.0503. The molecular formula is C10H9BrClN3O2S2. The van der Waals surface area contributed by atoms with E-state index in [0.717, 1.165) is 10.6 Å². The lowest BCUT2D eigenvalue weighted by atomic mass is 10.4. The summed E-state index contributed by atoms with van der Waals surface area (Å²) < 4.78 is 27.3. The van der Waals surface area contributed by atoms with Crippen molar-refractivity contribution in [3.05, 3.63) is 38.0 Å². The standard InChI is InChI=1S/C10H9BrClN3O2S2/c1-6-8(18-5-14-6)4-15-19(16,17)9-2-7(11)3-13-10(9)12/h2-3,5,15H,4H2,1H3. The SMILES string of the molecule is Cc1ncsc1CNS(=O)(=O)c1cc(Br)cnc1Cl. The van der Waals surface area contributed by atoms with E-state index in [1.807, 2.05) is 6.92 Å². The first-order valence-corrected chi connectivity index (χ1v) is 8.63. The summed E-state index contributed by atoms with van der Waals surface area (Å²) in [4.78, 5) is 8.67. The van der Waals surface area contributed by atoms with Crippen molar-refractivity contribution in [2.75, 3.05) is 0 Å². The third-order valence-electron chi connectivity index (χ3n) is 2.33. The zero-order chi connectivity index (χ0) is 14.0. The van der Waals surface area contributed by atoms with Gasteiger partial charge in [0.05, 0.1) is 11.2 Å². The summed E-state index contributed by atoms with van der Waals surface area (Å²) in [6, 6.07) is 1.41. The monoisotopic (exact) mass is 381 g/mol. The number of thiazole rings is 1.